The van der Waals surface area contributed by atoms with Crippen molar-refractivity contribution in [2.75, 3.05) is 39.2 Å². The number of pyridine rings is 1. The second-order valence-electron chi connectivity index (χ2n) is 7.36. The third kappa shape index (κ3) is 5.33. The molecule has 1 aliphatic heterocycles. The Kier molecular flexibility index (Phi) is 7.23. The van der Waals surface area contributed by atoms with Crippen molar-refractivity contribution in [3.8, 4) is 34.2 Å². The summed E-state index contributed by atoms with van der Waals surface area (Å²) in [7, 11) is 1.59. The van der Waals surface area contributed by atoms with E-state index in [1.54, 1.807) is 24.1 Å². The molecule has 3 aromatic rings. The number of ether oxygens (including phenoxy) is 2. The molecule has 2 aromatic carbocycles. The Hall–Kier alpha value is -3.41. The van der Waals surface area contributed by atoms with E-state index in [0.29, 0.717) is 53.9 Å². The number of morpholine rings is 1. The molecule has 6 nitrogen and oxygen atoms in total. The first-order valence-electron chi connectivity index (χ1n) is 10.4. The van der Waals surface area contributed by atoms with Gasteiger partial charge in [0.05, 0.1) is 37.3 Å². The highest BCUT2D eigenvalue weighted by atomic mass is 32.2. The smallest absolute Gasteiger partial charge is 0.233 e. The molecule has 0 radical (unpaired) electrons. The molecule has 33 heavy (non-hydrogen) atoms. The third-order valence-electron chi connectivity index (χ3n) is 5.34. The number of nitriles is 1. The van der Waals surface area contributed by atoms with Crippen molar-refractivity contribution in [2.45, 2.75) is 5.03 Å². The van der Waals surface area contributed by atoms with Crippen LogP contribution in [0.4, 0.5) is 4.39 Å². The standard InChI is InChI=1S/C25H22FN3O3S/c1-31-20-8-4-17(5-9-20)21-14-23(18-2-6-19(26)7-3-18)28-25(22(21)15-27)33-16-24(30)29-10-12-32-13-11-29/h2-9,14H,10-13,16H2,1H3. The van der Waals surface area contributed by atoms with Crippen LogP contribution in [0.3, 0.4) is 0 Å². The Labute approximate surface area is 196 Å². The fourth-order valence-electron chi connectivity index (χ4n) is 3.54. The first-order valence-corrected chi connectivity index (χ1v) is 11.4. The zero-order valence-electron chi connectivity index (χ0n) is 18.1. The quantitative estimate of drug-likeness (QED) is 0.505. The SMILES string of the molecule is COc1ccc(-c2cc(-c3ccc(F)cc3)nc(SCC(=O)N3CCOCC3)c2C#N)cc1. The fraction of sp³-hybridized carbons (Fsp3) is 0.240. The molecule has 1 saturated heterocycles. The molecule has 4 rings (SSSR count). The summed E-state index contributed by atoms with van der Waals surface area (Å²) in [4.78, 5) is 19.1. The van der Waals surface area contributed by atoms with Crippen molar-refractivity contribution in [1.29, 1.82) is 5.26 Å². The van der Waals surface area contributed by atoms with Crippen LogP contribution in [0.15, 0.2) is 59.6 Å². The number of hydrogen-bond acceptors (Lipinski definition) is 6. The minimum absolute atomic E-state index is 0.0211. The van der Waals surface area contributed by atoms with E-state index in [4.69, 9.17) is 9.47 Å². The van der Waals surface area contributed by atoms with Gasteiger partial charge in [-0.05, 0) is 48.0 Å². The van der Waals surface area contributed by atoms with E-state index >= 15 is 0 Å². The lowest BCUT2D eigenvalue weighted by Gasteiger charge is -2.26. The van der Waals surface area contributed by atoms with Crippen LogP contribution in [0.1, 0.15) is 5.56 Å². The van der Waals surface area contributed by atoms with Gasteiger partial charge in [-0.25, -0.2) is 9.37 Å². The molecular formula is C25H22FN3O3S. The largest absolute Gasteiger partial charge is 0.497 e. The van der Waals surface area contributed by atoms with Gasteiger partial charge in [-0.2, -0.15) is 5.26 Å². The van der Waals surface area contributed by atoms with Gasteiger partial charge in [-0.15, -0.1) is 0 Å². The van der Waals surface area contributed by atoms with Crippen molar-refractivity contribution in [3.05, 3.63) is 66.0 Å². The maximum atomic E-state index is 13.5. The molecule has 1 amide bonds. The van der Waals surface area contributed by atoms with E-state index in [9.17, 15) is 14.4 Å². The van der Waals surface area contributed by atoms with E-state index in [0.717, 1.165) is 11.1 Å². The first kappa shape index (κ1) is 22.8. The van der Waals surface area contributed by atoms with Gasteiger partial charge in [0.15, 0.2) is 0 Å². The lowest BCUT2D eigenvalue weighted by Crippen LogP contribution is -2.41. The van der Waals surface area contributed by atoms with Gasteiger partial charge >= 0.3 is 0 Å². The minimum atomic E-state index is -0.339. The summed E-state index contributed by atoms with van der Waals surface area (Å²) in [5.41, 5.74) is 3.22. The van der Waals surface area contributed by atoms with E-state index in [2.05, 4.69) is 11.1 Å². The number of aromatic nitrogens is 1. The molecule has 168 valence electrons. The molecule has 0 N–H and O–H groups in total. The maximum absolute atomic E-state index is 13.5. The van der Waals surface area contributed by atoms with Crippen molar-refractivity contribution in [2.24, 2.45) is 0 Å². The van der Waals surface area contributed by atoms with Gasteiger partial charge in [0.1, 0.15) is 22.7 Å². The number of thioether (sulfide) groups is 1. The summed E-state index contributed by atoms with van der Waals surface area (Å²) < 4.78 is 24.0. The van der Waals surface area contributed by atoms with Crippen LogP contribution in [-0.4, -0.2) is 55.0 Å². The summed E-state index contributed by atoms with van der Waals surface area (Å²) in [5, 5.41) is 10.4. The van der Waals surface area contributed by atoms with Crippen molar-refractivity contribution >= 4 is 17.7 Å². The molecule has 0 saturated carbocycles. The van der Waals surface area contributed by atoms with Gasteiger partial charge in [0.25, 0.3) is 0 Å². The summed E-state index contributed by atoms with van der Waals surface area (Å²) in [5.74, 6) is 0.507. The number of rotatable bonds is 6. The number of hydrogen-bond donors (Lipinski definition) is 0. The second kappa shape index (κ2) is 10.5. The van der Waals surface area contributed by atoms with Crippen LogP contribution >= 0.6 is 11.8 Å². The maximum Gasteiger partial charge on any atom is 0.233 e. The lowest BCUT2D eigenvalue weighted by molar-refractivity contribution is -0.132. The van der Waals surface area contributed by atoms with Gasteiger partial charge in [-0.1, -0.05) is 23.9 Å². The Balaban J connectivity index is 1.72. The van der Waals surface area contributed by atoms with Gasteiger partial charge in [-0.3, -0.25) is 4.79 Å². The van der Waals surface area contributed by atoms with Gasteiger partial charge in [0, 0.05) is 24.2 Å². The number of amides is 1. The zero-order valence-corrected chi connectivity index (χ0v) is 18.9. The molecule has 0 bridgehead atoms. The zero-order chi connectivity index (χ0) is 23.2. The van der Waals surface area contributed by atoms with E-state index in [1.165, 1.54) is 23.9 Å². The molecule has 0 aliphatic carbocycles. The summed E-state index contributed by atoms with van der Waals surface area (Å²) in [6.07, 6.45) is 0. The molecule has 8 heteroatoms. The van der Waals surface area contributed by atoms with Crippen molar-refractivity contribution < 1.29 is 18.7 Å². The Morgan fingerprint density at radius 1 is 1.15 bits per heavy atom. The van der Waals surface area contributed by atoms with E-state index in [1.807, 2.05) is 30.3 Å². The number of halogens is 1. The van der Waals surface area contributed by atoms with E-state index < -0.39 is 0 Å². The molecular weight excluding hydrogens is 441 g/mol. The summed E-state index contributed by atoms with van der Waals surface area (Å²) in [6.45, 7) is 2.18. The average molecular weight is 464 g/mol. The summed E-state index contributed by atoms with van der Waals surface area (Å²) in [6, 6.07) is 17.5. The molecule has 1 aromatic heterocycles. The third-order valence-corrected chi connectivity index (χ3v) is 6.30. The predicted molar refractivity (Wildman–Crippen MR) is 124 cm³/mol. The van der Waals surface area contributed by atoms with E-state index in [-0.39, 0.29) is 17.5 Å². The fourth-order valence-corrected chi connectivity index (χ4v) is 4.44. The van der Waals surface area contributed by atoms with Gasteiger partial charge < -0.3 is 14.4 Å². The Morgan fingerprint density at radius 2 is 1.82 bits per heavy atom. The molecule has 0 atom stereocenters. The first-order chi connectivity index (χ1) is 16.1. The van der Waals surface area contributed by atoms with Crippen LogP contribution in [0.5, 0.6) is 5.75 Å². The normalized spacial score (nSPS) is 13.4. The highest BCUT2D eigenvalue weighted by Gasteiger charge is 2.20. The lowest BCUT2D eigenvalue weighted by atomic mass is 9.99. The Morgan fingerprint density at radius 3 is 2.45 bits per heavy atom. The number of nitrogens with zero attached hydrogens (tertiary/aromatic N) is 3. The minimum Gasteiger partial charge on any atom is -0.497 e. The molecule has 1 aliphatic rings. The van der Waals surface area contributed by atoms with Crippen molar-refractivity contribution in [1.82, 2.24) is 9.88 Å². The molecule has 2 heterocycles. The monoisotopic (exact) mass is 463 g/mol. The van der Waals surface area contributed by atoms with Crippen LogP contribution in [0.25, 0.3) is 22.4 Å². The number of carbonyl (C=O) groups is 1. The topological polar surface area (TPSA) is 75.4 Å². The predicted octanol–water partition coefficient (Wildman–Crippen LogP) is 4.39. The molecule has 1 fully saturated rings. The number of carbonyl (C=O) groups excluding carboxylic acids is 1. The second-order valence-corrected chi connectivity index (χ2v) is 8.33. The van der Waals surface area contributed by atoms with Crippen LogP contribution in [-0.2, 0) is 9.53 Å². The highest BCUT2D eigenvalue weighted by molar-refractivity contribution is 8.00. The van der Waals surface area contributed by atoms with Crippen LogP contribution in [0, 0.1) is 17.1 Å². The highest BCUT2D eigenvalue weighted by Crippen LogP contribution is 2.35. The molecule has 0 spiro atoms. The number of benzene rings is 2. The van der Waals surface area contributed by atoms with Crippen LogP contribution < -0.4 is 4.74 Å². The number of methoxy groups -OCH3 is 1. The molecule has 0 unspecified atom stereocenters. The average Bonchev–Trinajstić information content (AvgIpc) is 2.87. The van der Waals surface area contributed by atoms with Gasteiger partial charge in [0.2, 0.25) is 5.91 Å². The summed E-state index contributed by atoms with van der Waals surface area (Å²) >= 11 is 1.24. The van der Waals surface area contributed by atoms with Crippen molar-refractivity contribution in [3.63, 3.8) is 0 Å². The van der Waals surface area contributed by atoms with Crippen LogP contribution in [0.2, 0.25) is 0 Å². The Bertz CT molecular complexity index is 1170.